The van der Waals surface area contributed by atoms with E-state index in [-0.39, 0.29) is 49.7 Å². The van der Waals surface area contributed by atoms with E-state index < -0.39 is 36.4 Å². The van der Waals surface area contributed by atoms with Crippen molar-refractivity contribution in [3.8, 4) is 0 Å². The van der Waals surface area contributed by atoms with E-state index in [1.807, 2.05) is 72.8 Å². The normalized spacial score (nSPS) is 18.1. The molecule has 4 aromatic rings. The average molecular weight is 776 g/mol. The number of fused-ring (bicyclic) bond motifs is 2. The molecule has 16 heteroatoms. The van der Waals surface area contributed by atoms with Crippen LogP contribution >= 0.6 is 0 Å². The van der Waals surface area contributed by atoms with Crippen molar-refractivity contribution in [1.82, 2.24) is 20.9 Å². The van der Waals surface area contributed by atoms with E-state index in [1.165, 1.54) is 0 Å². The van der Waals surface area contributed by atoms with Crippen molar-refractivity contribution in [2.45, 2.75) is 62.8 Å². The van der Waals surface area contributed by atoms with Gasteiger partial charge in [0, 0.05) is 32.5 Å². The van der Waals surface area contributed by atoms with E-state index in [2.05, 4.69) is 45.2 Å². The van der Waals surface area contributed by atoms with Gasteiger partial charge < -0.3 is 42.2 Å². The van der Waals surface area contributed by atoms with Crippen LogP contribution in [-0.4, -0.2) is 89.7 Å². The Morgan fingerprint density at radius 2 is 1.55 bits per heavy atom. The largest absolute Gasteiger partial charge is 0.490 e. The van der Waals surface area contributed by atoms with Crippen molar-refractivity contribution >= 4 is 40.4 Å². The number of aliphatic carboxylic acids is 1. The summed E-state index contributed by atoms with van der Waals surface area (Å²) in [5.41, 5.74) is 15.0. The van der Waals surface area contributed by atoms with Crippen LogP contribution in [0.15, 0.2) is 102 Å². The number of likely N-dealkylation sites (tertiary alicyclic amines) is 1. The maximum atomic E-state index is 14.5. The molecule has 2 heterocycles. The van der Waals surface area contributed by atoms with Gasteiger partial charge in [0.05, 0.1) is 25.3 Å². The second-order valence-corrected chi connectivity index (χ2v) is 13.4. The molecule has 4 aromatic carbocycles. The Labute approximate surface area is 321 Å². The lowest BCUT2D eigenvalue weighted by molar-refractivity contribution is -0.192. The number of hydrogen-bond acceptors (Lipinski definition) is 7. The molecule has 56 heavy (non-hydrogen) atoms. The molecule has 2 aliphatic rings. The molecule has 8 N–H and O–H groups in total. The van der Waals surface area contributed by atoms with Gasteiger partial charge in [0.2, 0.25) is 17.7 Å². The summed E-state index contributed by atoms with van der Waals surface area (Å²) in [6, 6.07) is 29.7. The minimum atomic E-state index is -5.08. The molecule has 0 bridgehead atoms. The van der Waals surface area contributed by atoms with Crippen LogP contribution in [0.25, 0.3) is 10.8 Å². The monoisotopic (exact) mass is 775 g/mol. The van der Waals surface area contributed by atoms with Crippen molar-refractivity contribution < 1.29 is 42.2 Å². The standard InChI is InChI=1S/C38H43N7O4.C2HF3O2/c39-38(40)42-17-16-41-36(47)34-21-31(49-24-26-14-15-27-10-4-5-11-28(27)18-26)23-45(34)37(48)33(19-25-8-2-1-3-9-25)44-35(46)32-20-29-12-6-7-13-30(29)22-43-32;3-2(4,5)1(6)7/h1-15,18,31-34,43H,16-17,19-24H2,(H,41,47)(H,44,46)(H4,39,40,42);(H,6,7)/t31-,32+,33-,34-;/m1./s1. The number of aliphatic imine (C=N–C) groups is 1. The van der Waals surface area contributed by atoms with Crippen molar-refractivity contribution in [1.29, 1.82) is 0 Å². The average Bonchev–Trinajstić information content (AvgIpc) is 3.62. The van der Waals surface area contributed by atoms with Crippen LogP contribution in [0.2, 0.25) is 0 Å². The van der Waals surface area contributed by atoms with Gasteiger partial charge >= 0.3 is 12.1 Å². The fourth-order valence-corrected chi connectivity index (χ4v) is 6.60. The topological polar surface area (TPSA) is 201 Å². The quantitative estimate of drug-likeness (QED) is 0.0711. The highest BCUT2D eigenvalue weighted by Gasteiger charge is 2.43. The van der Waals surface area contributed by atoms with Crippen LogP contribution in [-0.2, 0) is 49.9 Å². The van der Waals surface area contributed by atoms with Crippen LogP contribution < -0.4 is 27.4 Å². The van der Waals surface area contributed by atoms with Gasteiger partial charge in [-0.05, 0) is 45.5 Å². The maximum Gasteiger partial charge on any atom is 0.490 e. The maximum absolute atomic E-state index is 14.5. The number of carboxylic acid groups (broad SMARTS) is 1. The molecule has 1 fully saturated rings. The van der Waals surface area contributed by atoms with Crippen LogP contribution in [0.3, 0.4) is 0 Å². The Hall–Kier alpha value is -6.00. The zero-order valence-electron chi connectivity index (χ0n) is 30.4. The van der Waals surface area contributed by atoms with Crippen LogP contribution in [0.1, 0.15) is 28.7 Å². The molecule has 1 saturated heterocycles. The zero-order valence-corrected chi connectivity index (χ0v) is 30.4. The number of hydrogen-bond donors (Lipinski definition) is 6. The summed E-state index contributed by atoms with van der Waals surface area (Å²) in [4.78, 5) is 56.1. The molecular weight excluding hydrogens is 731 g/mol. The van der Waals surface area contributed by atoms with E-state index in [9.17, 15) is 27.6 Å². The van der Waals surface area contributed by atoms with Gasteiger partial charge in [-0.3, -0.25) is 19.4 Å². The summed E-state index contributed by atoms with van der Waals surface area (Å²) in [6.07, 6.45) is -4.38. The third-order valence-corrected chi connectivity index (χ3v) is 9.39. The number of benzene rings is 4. The minimum Gasteiger partial charge on any atom is -0.475 e. The van der Waals surface area contributed by atoms with Crippen LogP contribution in [0.5, 0.6) is 0 Å². The summed E-state index contributed by atoms with van der Waals surface area (Å²) in [5, 5.41) is 18.6. The fourth-order valence-electron chi connectivity index (χ4n) is 6.60. The lowest BCUT2D eigenvalue weighted by Gasteiger charge is -2.31. The highest BCUT2D eigenvalue weighted by atomic mass is 19.4. The van der Waals surface area contributed by atoms with Gasteiger partial charge in [-0.1, -0.05) is 91.0 Å². The first-order chi connectivity index (χ1) is 26.8. The lowest BCUT2D eigenvalue weighted by Crippen LogP contribution is -2.57. The summed E-state index contributed by atoms with van der Waals surface area (Å²) in [5.74, 6) is -3.75. The molecule has 0 aliphatic carbocycles. The Morgan fingerprint density at radius 3 is 2.25 bits per heavy atom. The molecule has 0 saturated carbocycles. The van der Waals surface area contributed by atoms with Crippen molar-refractivity contribution in [3.05, 3.63) is 119 Å². The minimum absolute atomic E-state index is 0.0653. The Morgan fingerprint density at radius 1 is 0.893 bits per heavy atom. The molecule has 13 nitrogen and oxygen atoms in total. The second kappa shape index (κ2) is 19.0. The van der Waals surface area contributed by atoms with E-state index >= 15 is 0 Å². The van der Waals surface area contributed by atoms with Gasteiger partial charge in [0.1, 0.15) is 12.1 Å². The number of guanidine groups is 1. The van der Waals surface area contributed by atoms with Crippen LogP contribution in [0, 0.1) is 0 Å². The summed E-state index contributed by atoms with van der Waals surface area (Å²) < 4.78 is 38.1. The number of nitrogens with zero attached hydrogens (tertiary/aromatic N) is 2. The number of rotatable bonds is 12. The van der Waals surface area contributed by atoms with Crippen molar-refractivity contribution in [2.75, 3.05) is 19.6 Å². The second-order valence-electron chi connectivity index (χ2n) is 13.4. The first kappa shape index (κ1) is 41.2. The van der Waals surface area contributed by atoms with Gasteiger partial charge in [-0.25, -0.2) is 4.79 Å². The molecule has 296 valence electrons. The third-order valence-electron chi connectivity index (χ3n) is 9.39. The van der Waals surface area contributed by atoms with E-state index in [0.29, 0.717) is 26.0 Å². The number of halogens is 3. The molecule has 2 aliphatic heterocycles. The van der Waals surface area contributed by atoms with Crippen LogP contribution in [0.4, 0.5) is 13.2 Å². The Bertz CT molecular complexity index is 2030. The summed E-state index contributed by atoms with van der Waals surface area (Å²) in [7, 11) is 0. The van der Waals surface area contributed by atoms with Gasteiger partial charge in [0.15, 0.2) is 5.96 Å². The predicted octanol–water partition coefficient (Wildman–Crippen LogP) is 2.79. The molecule has 0 unspecified atom stereocenters. The zero-order chi connectivity index (χ0) is 40.2. The highest BCUT2D eigenvalue weighted by molar-refractivity contribution is 5.94. The molecular formula is C40H44F3N7O6. The number of amides is 3. The lowest BCUT2D eigenvalue weighted by atomic mass is 9.95. The van der Waals surface area contributed by atoms with E-state index in [0.717, 1.165) is 33.0 Å². The number of ether oxygens (including phenoxy) is 1. The Balaban J connectivity index is 0.000000784. The predicted molar refractivity (Wildman–Crippen MR) is 203 cm³/mol. The Kier molecular flexibility index (Phi) is 14.0. The fraction of sp³-hybridized carbons (Fsp3) is 0.325. The molecule has 4 atom stereocenters. The number of alkyl halides is 3. The summed E-state index contributed by atoms with van der Waals surface area (Å²) in [6.45, 7) is 1.51. The molecule has 0 spiro atoms. The van der Waals surface area contributed by atoms with Gasteiger partial charge in [0.25, 0.3) is 0 Å². The molecule has 6 rings (SSSR count). The smallest absolute Gasteiger partial charge is 0.475 e. The number of carbonyl (C=O) groups is 4. The first-order valence-electron chi connectivity index (χ1n) is 18.0. The SMILES string of the molecule is NC(N)=NCCNC(=O)[C@H]1C[C@@H](OCc2ccc3ccccc3c2)CN1C(=O)[C@@H](Cc1ccccc1)NC(=O)[C@@H]1Cc2ccccc2CN1.O=C(O)C(F)(F)F. The first-order valence-corrected chi connectivity index (χ1v) is 18.0. The molecule has 3 amide bonds. The van der Waals surface area contributed by atoms with E-state index in [1.54, 1.807) is 4.90 Å². The molecule has 0 radical (unpaired) electrons. The van der Waals surface area contributed by atoms with Crippen molar-refractivity contribution in [2.24, 2.45) is 16.5 Å². The number of carbonyl (C=O) groups excluding carboxylic acids is 3. The van der Waals surface area contributed by atoms with E-state index in [4.69, 9.17) is 26.1 Å². The van der Waals surface area contributed by atoms with Gasteiger partial charge in [-0.15, -0.1) is 0 Å². The number of nitrogens with one attached hydrogen (secondary N) is 3. The van der Waals surface area contributed by atoms with Gasteiger partial charge in [-0.2, -0.15) is 13.2 Å². The third kappa shape index (κ3) is 11.5. The van der Waals surface area contributed by atoms with Crippen molar-refractivity contribution in [3.63, 3.8) is 0 Å². The summed E-state index contributed by atoms with van der Waals surface area (Å²) >= 11 is 0. The number of nitrogens with two attached hydrogens (primary N) is 2. The number of carboxylic acids is 1. The molecule has 0 aromatic heterocycles. The highest BCUT2D eigenvalue weighted by Crippen LogP contribution is 2.25.